The van der Waals surface area contributed by atoms with Gasteiger partial charge in [0.25, 0.3) is 11.8 Å². The maximum Gasteiger partial charge on any atom is 0.259 e. The van der Waals surface area contributed by atoms with E-state index in [1.807, 2.05) is 19.1 Å². The van der Waals surface area contributed by atoms with Gasteiger partial charge in [0.1, 0.15) is 6.42 Å². The summed E-state index contributed by atoms with van der Waals surface area (Å²) in [4.78, 5) is 24.4. The topological polar surface area (TPSA) is 85.2 Å². The van der Waals surface area contributed by atoms with Crippen LogP contribution in [0, 0.1) is 18.3 Å². The number of carbonyl (C=O) groups excluding carboxylic acids is 2. The number of nitrogens with zero attached hydrogens (tertiary/aromatic N) is 2. The number of amides is 2. The molecule has 0 aromatic heterocycles. The molecule has 0 unspecified atom stereocenters. The van der Waals surface area contributed by atoms with Crippen LogP contribution < -0.4 is 10.9 Å². The Morgan fingerprint density at radius 1 is 1.30 bits per heavy atom. The van der Waals surface area contributed by atoms with E-state index in [0.717, 1.165) is 5.56 Å². The Kier molecular flexibility index (Phi) is 5.62. The lowest BCUT2D eigenvalue weighted by molar-refractivity contribution is -0.120. The zero-order valence-electron chi connectivity index (χ0n) is 11.1. The second-order valence-electron chi connectivity index (χ2n) is 4.04. The summed E-state index contributed by atoms with van der Waals surface area (Å²) in [7, 11) is 1.49. The van der Waals surface area contributed by atoms with Crippen molar-refractivity contribution in [2.45, 2.75) is 13.3 Å². The maximum absolute atomic E-state index is 12.1. The summed E-state index contributed by atoms with van der Waals surface area (Å²) >= 11 is 4.98. The van der Waals surface area contributed by atoms with Crippen molar-refractivity contribution in [3.63, 3.8) is 0 Å². The molecule has 1 aromatic carbocycles. The molecular weight excluding hydrogens is 276 g/mol. The molecule has 0 aliphatic heterocycles. The number of nitriles is 1. The van der Waals surface area contributed by atoms with E-state index in [1.54, 1.807) is 18.2 Å². The molecule has 2 N–H and O–H groups in total. The Hall–Kier alpha value is -2.46. The van der Waals surface area contributed by atoms with E-state index >= 15 is 0 Å². The molecular formula is C13H14N4O2S. The number of carbonyl (C=O) groups is 2. The van der Waals surface area contributed by atoms with Gasteiger partial charge in [-0.1, -0.05) is 17.7 Å². The Balaban J connectivity index is 2.60. The van der Waals surface area contributed by atoms with Gasteiger partial charge in [-0.3, -0.25) is 25.3 Å². The first-order valence-electron chi connectivity index (χ1n) is 5.76. The van der Waals surface area contributed by atoms with E-state index in [4.69, 9.17) is 17.5 Å². The summed E-state index contributed by atoms with van der Waals surface area (Å²) in [6.45, 7) is 1.93. The highest BCUT2D eigenvalue weighted by molar-refractivity contribution is 7.80. The van der Waals surface area contributed by atoms with Gasteiger partial charge in [-0.25, -0.2) is 0 Å². The molecule has 0 aliphatic rings. The van der Waals surface area contributed by atoms with E-state index in [-0.39, 0.29) is 17.4 Å². The monoisotopic (exact) mass is 290 g/mol. The molecule has 0 spiro atoms. The SMILES string of the molecule is Cc1ccc(C(=O)N(C)C(=S)NNC(=O)CC#N)cc1. The highest BCUT2D eigenvalue weighted by Crippen LogP contribution is 2.06. The second-order valence-corrected chi connectivity index (χ2v) is 4.43. The first-order chi connectivity index (χ1) is 9.45. The average Bonchev–Trinajstić information content (AvgIpc) is 2.44. The molecule has 0 fully saturated rings. The Morgan fingerprint density at radius 3 is 2.45 bits per heavy atom. The highest BCUT2D eigenvalue weighted by atomic mass is 32.1. The third-order valence-corrected chi connectivity index (χ3v) is 2.83. The van der Waals surface area contributed by atoms with Crippen LogP contribution in [0.5, 0.6) is 0 Å². The molecule has 0 bridgehead atoms. The van der Waals surface area contributed by atoms with Crippen molar-refractivity contribution < 1.29 is 9.59 Å². The molecule has 6 nitrogen and oxygen atoms in total. The smallest absolute Gasteiger partial charge is 0.259 e. The summed E-state index contributed by atoms with van der Waals surface area (Å²) in [5, 5.41) is 8.38. The number of hydrogen-bond donors (Lipinski definition) is 2. The van der Waals surface area contributed by atoms with Gasteiger partial charge in [0.05, 0.1) is 6.07 Å². The van der Waals surface area contributed by atoms with Gasteiger partial charge in [-0.05, 0) is 31.3 Å². The van der Waals surface area contributed by atoms with Crippen molar-refractivity contribution in [1.29, 1.82) is 5.26 Å². The molecule has 104 valence electrons. The standard InChI is InChI=1S/C13H14N4O2S/c1-9-3-5-10(6-4-9)12(19)17(2)13(20)16-15-11(18)7-8-14/h3-6H,7H2,1-2H3,(H,15,18)(H,16,20). The van der Waals surface area contributed by atoms with Crippen LogP contribution in [0.3, 0.4) is 0 Å². The summed E-state index contributed by atoms with van der Waals surface area (Å²) in [5.74, 6) is -0.817. The molecule has 0 aliphatic carbocycles. The van der Waals surface area contributed by atoms with E-state index in [2.05, 4.69) is 10.9 Å². The predicted molar refractivity (Wildman–Crippen MR) is 77.4 cm³/mol. The molecule has 0 atom stereocenters. The third kappa shape index (κ3) is 4.33. The molecule has 7 heteroatoms. The van der Waals surface area contributed by atoms with Gasteiger partial charge in [-0.15, -0.1) is 0 Å². The lowest BCUT2D eigenvalue weighted by Gasteiger charge is -2.19. The Bertz CT molecular complexity index is 563. The predicted octanol–water partition coefficient (Wildman–Crippen LogP) is 0.886. The van der Waals surface area contributed by atoms with Gasteiger partial charge >= 0.3 is 0 Å². The number of hydrogen-bond acceptors (Lipinski definition) is 4. The lowest BCUT2D eigenvalue weighted by atomic mass is 10.1. The molecule has 0 saturated carbocycles. The van der Waals surface area contributed by atoms with Crippen LogP contribution in [-0.4, -0.2) is 28.9 Å². The van der Waals surface area contributed by atoms with E-state index in [0.29, 0.717) is 5.56 Å². The molecule has 1 aromatic rings. The number of thiocarbonyl (C=S) groups is 1. The van der Waals surface area contributed by atoms with E-state index in [1.165, 1.54) is 11.9 Å². The maximum atomic E-state index is 12.1. The van der Waals surface area contributed by atoms with Crippen LogP contribution in [-0.2, 0) is 4.79 Å². The van der Waals surface area contributed by atoms with Crippen LogP contribution in [0.2, 0.25) is 0 Å². The molecule has 2 amide bonds. The summed E-state index contributed by atoms with van der Waals surface area (Å²) in [6, 6.07) is 8.75. The highest BCUT2D eigenvalue weighted by Gasteiger charge is 2.15. The van der Waals surface area contributed by atoms with Crippen molar-refractivity contribution in [2.24, 2.45) is 0 Å². The largest absolute Gasteiger partial charge is 0.287 e. The van der Waals surface area contributed by atoms with Gasteiger partial charge in [-0.2, -0.15) is 5.26 Å². The molecule has 0 saturated heterocycles. The van der Waals surface area contributed by atoms with Crippen LogP contribution in [0.15, 0.2) is 24.3 Å². The summed E-state index contributed by atoms with van der Waals surface area (Å²) < 4.78 is 0. The minimum atomic E-state index is -0.522. The van der Waals surface area contributed by atoms with Crippen molar-refractivity contribution in [3.8, 4) is 6.07 Å². The van der Waals surface area contributed by atoms with Gasteiger partial charge in [0.15, 0.2) is 5.11 Å². The second kappa shape index (κ2) is 7.21. The molecule has 20 heavy (non-hydrogen) atoms. The first kappa shape index (κ1) is 15.6. The fraction of sp³-hybridized carbons (Fsp3) is 0.231. The van der Waals surface area contributed by atoms with Crippen molar-refractivity contribution in [3.05, 3.63) is 35.4 Å². The number of hydrazine groups is 1. The quantitative estimate of drug-likeness (QED) is 0.624. The lowest BCUT2D eigenvalue weighted by Crippen LogP contribution is -2.49. The van der Waals surface area contributed by atoms with Crippen LogP contribution in [0.4, 0.5) is 0 Å². The fourth-order valence-electron chi connectivity index (χ4n) is 1.31. The van der Waals surface area contributed by atoms with Gasteiger partial charge < -0.3 is 0 Å². The van der Waals surface area contributed by atoms with Crippen molar-refractivity contribution >= 4 is 29.1 Å². The average molecular weight is 290 g/mol. The van der Waals surface area contributed by atoms with Crippen LogP contribution in [0.1, 0.15) is 22.3 Å². The van der Waals surface area contributed by atoms with Crippen molar-refractivity contribution in [2.75, 3.05) is 7.05 Å². The normalized spacial score (nSPS) is 9.25. The minimum absolute atomic E-state index is 0.0434. The molecule has 0 heterocycles. The number of benzene rings is 1. The third-order valence-electron chi connectivity index (χ3n) is 2.46. The van der Waals surface area contributed by atoms with Gasteiger partial charge in [0.2, 0.25) is 0 Å². The van der Waals surface area contributed by atoms with Crippen LogP contribution in [0.25, 0.3) is 0 Å². The molecule has 1 rings (SSSR count). The minimum Gasteiger partial charge on any atom is -0.287 e. The summed E-state index contributed by atoms with van der Waals surface area (Å²) in [6.07, 6.45) is -0.286. The Morgan fingerprint density at radius 2 is 1.90 bits per heavy atom. The first-order valence-corrected chi connectivity index (χ1v) is 6.17. The van der Waals surface area contributed by atoms with Gasteiger partial charge in [0, 0.05) is 12.6 Å². The zero-order valence-corrected chi connectivity index (χ0v) is 12.0. The fourth-order valence-corrected chi connectivity index (χ4v) is 1.44. The van der Waals surface area contributed by atoms with E-state index < -0.39 is 5.91 Å². The summed E-state index contributed by atoms with van der Waals surface area (Å²) in [5.41, 5.74) is 6.19. The van der Waals surface area contributed by atoms with Crippen molar-refractivity contribution in [1.82, 2.24) is 15.8 Å². The van der Waals surface area contributed by atoms with Crippen LogP contribution >= 0.6 is 12.2 Å². The Labute approximate surface area is 122 Å². The number of rotatable bonds is 2. The number of nitrogens with one attached hydrogen (secondary N) is 2. The van der Waals surface area contributed by atoms with E-state index in [9.17, 15) is 9.59 Å². The molecule has 0 radical (unpaired) electrons. The zero-order chi connectivity index (χ0) is 15.1. The number of aryl methyl sites for hydroxylation is 1.